The van der Waals surface area contributed by atoms with E-state index >= 15 is 0 Å². The number of hydrogen-bond acceptors (Lipinski definition) is 4. The molecule has 0 aliphatic rings. The van der Waals surface area contributed by atoms with Gasteiger partial charge in [-0.25, -0.2) is 0 Å². The van der Waals surface area contributed by atoms with Gasteiger partial charge in [0.1, 0.15) is 5.52 Å². The molecule has 4 nitrogen and oxygen atoms in total. The molecule has 2 rings (SSSR count). The molecule has 0 spiro atoms. The fourth-order valence-electron chi connectivity index (χ4n) is 1.83. The number of halogens is 1. The number of nitrogens with two attached hydrogens (primary N) is 1. The minimum Gasteiger partial charge on any atom is -0.423 e. The molecule has 0 unspecified atom stereocenters. The van der Waals surface area contributed by atoms with Crippen molar-refractivity contribution < 1.29 is 4.42 Å². The molecular formula is C13H18ClN3O. The normalized spacial score (nSPS) is 11.1. The van der Waals surface area contributed by atoms with Crippen LogP contribution >= 0.6 is 11.6 Å². The van der Waals surface area contributed by atoms with Crippen LogP contribution in [-0.2, 0) is 0 Å². The molecule has 0 radical (unpaired) electrons. The highest BCUT2D eigenvalue weighted by molar-refractivity contribution is 6.31. The Kier molecular flexibility index (Phi) is 4.44. The SMILES string of the molecule is CCCCN(CCN)c1nc2cc(Cl)ccc2o1. The van der Waals surface area contributed by atoms with Gasteiger partial charge in [0.25, 0.3) is 6.01 Å². The van der Waals surface area contributed by atoms with Crippen molar-refractivity contribution in [1.82, 2.24) is 4.98 Å². The van der Waals surface area contributed by atoms with Crippen LogP contribution in [0, 0.1) is 0 Å². The minimum atomic E-state index is 0.587. The third-order valence-corrected chi connectivity index (χ3v) is 3.02. The molecule has 0 saturated carbocycles. The van der Waals surface area contributed by atoms with Crippen LogP contribution in [0.15, 0.2) is 22.6 Å². The van der Waals surface area contributed by atoms with Crippen molar-refractivity contribution >= 4 is 28.7 Å². The number of hydrogen-bond donors (Lipinski definition) is 1. The van der Waals surface area contributed by atoms with Gasteiger partial charge in [0.05, 0.1) is 0 Å². The third kappa shape index (κ3) is 2.94. The Morgan fingerprint density at radius 3 is 2.94 bits per heavy atom. The van der Waals surface area contributed by atoms with Gasteiger partial charge in [-0.15, -0.1) is 0 Å². The number of aromatic nitrogens is 1. The number of benzene rings is 1. The van der Waals surface area contributed by atoms with Crippen LogP contribution < -0.4 is 10.6 Å². The lowest BCUT2D eigenvalue weighted by atomic mass is 10.3. The molecular weight excluding hydrogens is 250 g/mol. The van der Waals surface area contributed by atoms with Crippen LogP contribution in [0.5, 0.6) is 0 Å². The molecule has 98 valence electrons. The Morgan fingerprint density at radius 1 is 1.39 bits per heavy atom. The summed E-state index contributed by atoms with van der Waals surface area (Å²) in [7, 11) is 0. The van der Waals surface area contributed by atoms with Gasteiger partial charge in [-0.2, -0.15) is 4.98 Å². The molecule has 1 aromatic carbocycles. The maximum Gasteiger partial charge on any atom is 0.298 e. The molecule has 2 N–H and O–H groups in total. The zero-order chi connectivity index (χ0) is 13.0. The predicted molar refractivity (Wildman–Crippen MR) is 75.2 cm³/mol. The molecule has 18 heavy (non-hydrogen) atoms. The van der Waals surface area contributed by atoms with Crippen molar-refractivity contribution in [2.75, 3.05) is 24.5 Å². The first-order valence-electron chi connectivity index (χ1n) is 6.25. The second kappa shape index (κ2) is 6.07. The molecule has 0 saturated heterocycles. The van der Waals surface area contributed by atoms with Crippen LogP contribution in [0.4, 0.5) is 6.01 Å². The standard InChI is InChI=1S/C13H18ClN3O/c1-2-3-7-17(8-6-15)13-16-11-9-10(14)4-5-12(11)18-13/h4-5,9H,2-3,6-8,15H2,1H3. The molecule has 1 heterocycles. The van der Waals surface area contributed by atoms with Crippen molar-refractivity contribution in [1.29, 1.82) is 0 Å². The zero-order valence-corrected chi connectivity index (χ0v) is 11.3. The summed E-state index contributed by atoms with van der Waals surface area (Å²) in [4.78, 5) is 6.55. The predicted octanol–water partition coefficient (Wildman–Crippen LogP) is 3.05. The third-order valence-electron chi connectivity index (χ3n) is 2.79. The highest BCUT2D eigenvalue weighted by atomic mass is 35.5. The summed E-state index contributed by atoms with van der Waals surface area (Å²) in [6, 6.07) is 6.09. The van der Waals surface area contributed by atoms with E-state index in [0.717, 1.165) is 37.0 Å². The number of anilines is 1. The average molecular weight is 268 g/mol. The van der Waals surface area contributed by atoms with Gasteiger partial charge in [-0.3, -0.25) is 0 Å². The summed E-state index contributed by atoms with van der Waals surface area (Å²) < 4.78 is 5.74. The second-order valence-corrected chi connectivity index (χ2v) is 4.67. The van der Waals surface area contributed by atoms with E-state index < -0.39 is 0 Å². The summed E-state index contributed by atoms with van der Waals surface area (Å²) in [6.07, 6.45) is 2.23. The van der Waals surface area contributed by atoms with Gasteiger partial charge in [-0.1, -0.05) is 24.9 Å². The van der Waals surface area contributed by atoms with E-state index in [4.69, 9.17) is 21.8 Å². The van der Waals surface area contributed by atoms with E-state index in [1.54, 1.807) is 6.07 Å². The van der Waals surface area contributed by atoms with Crippen LogP contribution in [-0.4, -0.2) is 24.6 Å². The summed E-state index contributed by atoms with van der Waals surface area (Å²) in [5.74, 6) is 0. The van der Waals surface area contributed by atoms with Crippen molar-refractivity contribution in [3.63, 3.8) is 0 Å². The topological polar surface area (TPSA) is 55.3 Å². The first-order chi connectivity index (χ1) is 8.74. The molecule has 2 aromatic rings. The summed E-state index contributed by atoms with van der Waals surface area (Å²) >= 11 is 5.94. The van der Waals surface area contributed by atoms with Crippen molar-refractivity contribution in [3.05, 3.63) is 23.2 Å². The van der Waals surface area contributed by atoms with Gasteiger partial charge in [0.15, 0.2) is 5.58 Å². The molecule has 0 bridgehead atoms. The van der Waals surface area contributed by atoms with E-state index in [1.165, 1.54) is 0 Å². The van der Waals surface area contributed by atoms with Crippen molar-refractivity contribution in [2.45, 2.75) is 19.8 Å². The average Bonchev–Trinajstić information content (AvgIpc) is 2.77. The minimum absolute atomic E-state index is 0.587. The smallest absolute Gasteiger partial charge is 0.298 e. The van der Waals surface area contributed by atoms with Gasteiger partial charge in [0, 0.05) is 24.7 Å². The molecule has 1 aromatic heterocycles. The summed E-state index contributed by atoms with van der Waals surface area (Å²) in [6.45, 7) is 4.41. The van der Waals surface area contributed by atoms with Crippen LogP contribution in [0.3, 0.4) is 0 Å². The first-order valence-corrected chi connectivity index (χ1v) is 6.63. The van der Waals surface area contributed by atoms with Gasteiger partial charge in [-0.05, 0) is 24.6 Å². The van der Waals surface area contributed by atoms with Crippen molar-refractivity contribution in [3.8, 4) is 0 Å². The maximum absolute atomic E-state index is 5.94. The number of fused-ring (bicyclic) bond motifs is 1. The Labute approximate surface area is 112 Å². The van der Waals surface area contributed by atoms with Gasteiger partial charge < -0.3 is 15.1 Å². The quantitative estimate of drug-likeness (QED) is 0.874. The van der Waals surface area contributed by atoms with E-state index in [2.05, 4.69) is 16.8 Å². The monoisotopic (exact) mass is 267 g/mol. The Hall–Kier alpha value is -1.26. The molecule has 0 aliphatic heterocycles. The molecule has 0 atom stereocenters. The second-order valence-electron chi connectivity index (χ2n) is 4.24. The highest BCUT2D eigenvalue weighted by Gasteiger charge is 2.13. The summed E-state index contributed by atoms with van der Waals surface area (Å²) in [5.41, 5.74) is 7.17. The molecule has 0 amide bonds. The van der Waals surface area contributed by atoms with Gasteiger partial charge in [0.2, 0.25) is 0 Å². The van der Waals surface area contributed by atoms with E-state index in [0.29, 0.717) is 17.6 Å². The number of rotatable bonds is 6. The van der Waals surface area contributed by atoms with Crippen LogP contribution in [0.2, 0.25) is 5.02 Å². The van der Waals surface area contributed by atoms with Crippen LogP contribution in [0.25, 0.3) is 11.1 Å². The zero-order valence-electron chi connectivity index (χ0n) is 10.5. The lowest BCUT2D eigenvalue weighted by Crippen LogP contribution is -2.30. The summed E-state index contributed by atoms with van der Waals surface area (Å²) in [5, 5.41) is 0.668. The lowest BCUT2D eigenvalue weighted by Gasteiger charge is -2.18. The fraction of sp³-hybridized carbons (Fsp3) is 0.462. The first kappa shape index (κ1) is 13.2. The maximum atomic E-state index is 5.94. The van der Waals surface area contributed by atoms with E-state index in [9.17, 15) is 0 Å². The number of unbranched alkanes of at least 4 members (excludes halogenated alkanes) is 1. The van der Waals surface area contributed by atoms with E-state index in [1.807, 2.05) is 12.1 Å². The Bertz CT molecular complexity index is 512. The van der Waals surface area contributed by atoms with E-state index in [-0.39, 0.29) is 0 Å². The lowest BCUT2D eigenvalue weighted by molar-refractivity contribution is 0.559. The number of oxazole rings is 1. The highest BCUT2D eigenvalue weighted by Crippen LogP contribution is 2.24. The Morgan fingerprint density at radius 2 is 2.22 bits per heavy atom. The fourth-order valence-corrected chi connectivity index (χ4v) is 2.00. The molecule has 0 aliphatic carbocycles. The van der Waals surface area contributed by atoms with Gasteiger partial charge >= 0.3 is 0 Å². The molecule has 0 fully saturated rings. The Balaban J connectivity index is 2.26. The van der Waals surface area contributed by atoms with Crippen LogP contribution in [0.1, 0.15) is 19.8 Å². The number of nitrogens with zero attached hydrogens (tertiary/aromatic N) is 2. The van der Waals surface area contributed by atoms with Crippen molar-refractivity contribution in [2.24, 2.45) is 5.73 Å². The molecule has 5 heteroatoms. The largest absolute Gasteiger partial charge is 0.423 e.